The molecule has 2 aromatic heterocycles. The first-order chi connectivity index (χ1) is 16.9. The number of carbonyl (C=O) groups is 1. The van der Waals surface area contributed by atoms with E-state index in [1.54, 1.807) is 18.3 Å². The lowest BCUT2D eigenvalue weighted by atomic mass is 10.1. The van der Waals surface area contributed by atoms with E-state index in [-0.39, 0.29) is 24.4 Å². The van der Waals surface area contributed by atoms with E-state index in [1.807, 2.05) is 30.3 Å². The van der Waals surface area contributed by atoms with Crippen molar-refractivity contribution in [2.75, 3.05) is 7.11 Å². The topological polar surface area (TPSA) is 64.1 Å². The van der Waals surface area contributed by atoms with Crippen LogP contribution in [0.3, 0.4) is 0 Å². The van der Waals surface area contributed by atoms with Crippen LogP contribution in [0.5, 0.6) is 5.88 Å². The highest BCUT2D eigenvalue weighted by Gasteiger charge is 2.14. The van der Waals surface area contributed by atoms with Crippen LogP contribution in [0.4, 0.5) is 8.78 Å². The fraction of sp³-hybridized carbons (Fsp3) is 0.192. The van der Waals surface area contributed by atoms with Gasteiger partial charge < -0.3 is 10.1 Å². The van der Waals surface area contributed by atoms with Gasteiger partial charge in [0, 0.05) is 46.8 Å². The third-order valence-electron chi connectivity index (χ3n) is 5.37. The Morgan fingerprint density at radius 3 is 2.57 bits per heavy atom. The highest BCUT2D eigenvalue weighted by molar-refractivity contribution is 7.98. The molecule has 2 aromatic carbocycles. The summed E-state index contributed by atoms with van der Waals surface area (Å²) in [6, 6.07) is 15.7. The molecule has 5 nitrogen and oxygen atoms in total. The number of nitrogens with zero attached hydrogens (tertiary/aromatic N) is 2. The molecule has 0 unspecified atom stereocenters. The van der Waals surface area contributed by atoms with Gasteiger partial charge in [-0.25, -0.2) is 13.8 Å². The van der Waals surface area contributed by atoms with Crippen LogP contribution in [0.1, 0.15) is 23.1 Å². The Kier molecular flexibility index (Phi) is 8.15. The number of aromatic nitrogens is 2. The van der Waals surface area contributed by atoms with Gasteiger partial charge in [0.05, 0.1) is 12.1 Å². The quantitative estimate of drug-likeness (QED) is 0.273. The van der Waals surface area contributed by atoms with E-state index in [0.717, 1.165) is 5.56 Å². The molecule has 9 heteroatoms. The molecule has 4 rings (SSSR count). The number of nitrogens with one attached hydrogen (secondary N) is 1. The van der Waals surface area contributed by atoms with Gasteiger partial charge in [-0.05, 0) is 35.7 Å². The second-order valence-corrected chi connectivity index (χ2v) is 9.17. The van der Waals surface area contributed by atoms with Crippen molar-refractivity contribution < 1.29 is 18.3 Å². The fourth-order valence-corrected chi connectivity index (χ4v) is 4.64. The molecule has 0 spiro atoms. The first-order valence-corrected chi connectivity index (χ1v) is 12.2. The Balaban J connectivity index is 1.33. The van der Waals surface area contributed by atoms with Gasteiger partial charge in [-0.2, -0.15) is 4.98 Å². The number of fused-ring (bicyclic) bond motifs is 1. The van der Waals surface area contributed by atoms with Crippen molar-refractivity contribution >= 4 is 40.3 Å². The highest BCUT2D eigenvalue weighted by Crippen LogP contribution is 2.28. The number of halogens is 3. The van der Waals surface area contributed by atoms with E-state index < -0.39 is 11.6 Å². The molecule has 4 aromatic rings. The second kappa shape index (κ2) is 11.5. The van der Waals surface area contributed by atoms with Crippen molar-refractivity contribution in [2.45, 2.75) is 30.0 Å². The number of hydrogen-bond acceptors (Lipinski definition) is 5. The van der Waals surface area contributed by atoms with Crippen LogP contribution < -0.4 is 10.1 Å². The number of rotatable bonds is 9. The van der Waals surface area contributed by atoms with Crippen LogP contribution >= 0.6 is 23.4 Å². The first kappa shape index (κ1) is 24.9. The van der Waals surface area contributed by atoms with Crippen LogP contribution in [0.2, 0.25) is 5.02 Å². The maximum Gasteiger partial charge on any atom is 0.220 e. The normalized spacial score (nSPS) is 11.0. The molecule has 0 aliphatic heterocycles. The number of amides is 1. The van der Waals surface area contributed by atoms with Crippen molar-refractivity contribution in [1.82, 2.24) is 15.3 Å². The molecule has 0 aliphatic carbocycles. The van der Waals surface area contributed by atoms with Gasteiger partial charge in [0.2, 0.25) is 11.8 Å². The van der Waals surface area contributed by atoms with Crippen LogP contribution in [0, 0.1) is 11.6 Å². The Morgan fingerprint density at radius 1 is 1.11 bits per heavy atom. The molecule has 1 amide bonds. The lowest BCUT2D eigenvalue weighted by molar-refractivity contribution is -0.121. The van der Waals surface area contributed by atoms with Gasteiger partial charge in [-0.1, -0.05) is 41.9 Å². The van der Waals surface area contributed by atoms with Gasteiger partial charge in [0.25, 0.3) is 0 Å². The van der Waals surface area contributed by atoms with E-state index in [0.29, 0.717) is 44.6 Å². The van der Waals surface area contributed by atoms with Crippen molar-refractivity contribution in [3.63, 3.8) is 0 Å². The summed E-state index contributed by atoms with van der Waals surface area (Å²) in [5.41, 5.74) is 2.01. The molecule has 0 fully saturated rings. The van der Waals surface area contributed by atoms with E-state index >= 15 is 0 Å². The number of benzene rings is 2. The Bertz CT molecular complexity index is 1330. The summed E-state index contributed by atoms with van der Waals surface area (Å²) in [4.78, 5) is 21.3. The molecule has 0 bridgehead atoms. The first-order valence-electron chi connectivity index (χ1n) is 10.8. The van der Waals surface area contributed by atoms with E-state index in [2.05, 4.69) is 15.3 Å². The maximum atomic E-state index is 14.5. The standard InChI is InChI=1S/C26H22ClF2N3O2S/c1-34-24-10-8-19-25(27)17(13-31-26(19)32-24)7-9-23(33)30-14-20-21(28)11-18(12-22(20)29)35-15-16-5-3-2-4-6-16/h2-6,8,10-13H,7,9,14-15H2,1H3,(H,30,33). The molecule has 0 aliphatic rings. The van der Waals surface area contributed by atoms with Crippen LogP contribution in [-0.2, 0) is 23.5 Å². The van der Waals surface area contributed by atoms with E-state index in [9.17, 15) is 13.6 Å². The van der Waals surface area contributed by atoms with Crippen LogP contribution in [-0.4, -0.2) is 23.0 Å². The zero-order valence-corrected chi connectivity index (χ0v) is 20.4. The van der Waals surface area contributed by atoms with Gasteiger partial charge >= 0.3 is 0 Å². The summed E-state index contributed by atoms with van der Waals surface area (Å²) >= 11 is 7.81. The Labute approximate surface area is 210 Å². The molecule has 35 heavy (non-hydrogen) atoms. The minimum Gasteiger partial charge on any atom is -0.481 e. The predicted octanol–water partition coefficient (Wildman–Crippen LogP) is 6.11. The summed E-state index contributed by atoms with van der Waals surface area (Å²) in [5.74, 6) is -0.701. The lowest BCUT2D eigenvalue weighted by Gasteiger charge is -2.11. The number of ether oxygens (including phenoxy) is 1. The highest BCUT2D eigenvalue weighted by atomic mass is 35.5. The minimum absolute atomic E-state index is 0.0880. The van der Waals surface area contributed by atoms with Crippen molar-refractivity contribution in [3.05, 3.63) is 94.1 Å². The molecule has 180 valence electrons. The van der Waals surface area contributed by atoms with Crippen molar-refractivity contribution in [3.8, 4) is 5.88 Å². The molecule has 0 saturated heterocycles. The summed E-state index contributed by atoms with van der Waals surface area (Å²) < 4.78 is 34.2. The van der Waals surface area contributed by atoms with Crippen LogP contribution in [0.15, 0.2) is 65.7 Å². The average Bonchev–Trinajstić information content (AvgIpc) is 2.87. The molecule has 2 heterocycles. The Morgan fingerprint density at radius 2 is 1.86 bits per heavy atom. The second-order valence-electron chi connectivity index (χ2n) is 7.74. The zero-order valence-electron chi connectivity index (χ0n) is 18.9. The maximum absolute atomic E-state index is 14.5. The molecule has 0 atom stereocenters. The van der Waals surface area contributed by atoms with Crippen molar-refractivity contribution in [2.24, 2.45) is 0 Å². The predicted molar refractivity (Wildman–Crippen MR) is 134 cm³/mol. The number of hydrogen-bond donors (Lipinski definition) is 1. The van der Waals surface area contributed by atoms with E-state index in [1.165, 1.54) is 31.0 Å². The lowest BCUT2D eigenvalue weighted by Crippen LogP contribution is -2.24. The van der Waals surface area contributed by atoms with Gasteiger partial charge in [0.15, 0.2) is 5.65 Å². The number of thioether (sulfide) groups is 1. The van der Waals surface area contributed by atoms with Gasteiger partial charge in [0.1, 0.15) is 11.6 Å². The van der Waals surface area contributed by atoms with Crippen LogP contribution in [0.25, 0.3) is 11.0 Å². The van der Waals surface area contributed by atoms with Crippen molar-refractivity contribution in [1.29, 1.82) is 0 Å². The van der Waals surface area contributed by atoms with E-state index in [4.69, 9.17) is 16.3 Å². The third kappa shape index (κ3) is 6.26. The number of pyridine rings is 2. The smallest absolute Gasteiger partial charge is 0.220 e. The molecular formula is C26H22ClF2N3O2S. The average molecular weight is 514 g/mol. The fourth-order valence-electron chi connectivity index (χ4n) is 3.45. The summed E-state index contributed by atoms with van der Waals surface area (Å²) in [7, 11) is 1.51. The Hall–Kier alpha value is -3.23. The number of methoxy groups -OCH3 is 1. The number of carbonyl (C=O) groups excluding carboxylic acids is 1. The SMILES string of the molecule is COc1ccc2c(Cl)c(CCC(=O)NCc3c(F)cc(SCc4ccccc4)cc3F)cnc2n1. The largest absolute Gasteiger partial charge is 0.481 e. The molecule has 0 radical (unpaired) electrons. The van der Waals surface area contributed by atoms with Gasteiger partial charge in [-0.15, -0.1) is 11.8 Å². The molecule has 0 saturated carbocycles. The summed E-state index contributed by atoms with van der Waals surface area (Å²) in [6.45, 7) is -0.243. The third-order valence-corrected chi connectivity index (χ3v) is 6.86. The zero-order chi connectivity index (χ0) is 24.8. The molecule has 1 N–H and O–H groups in total. The minimum atomic E-state index is -0.689. The van der Waals surface area contributed by atoms with Gasteiger partial charge in [-0.3, -0.25) is 4.79 Å². The monoisotopic (exact) mass is 513 g/mol. The summed E-state index contributed by atoms with van der Waals surface area (Å²) in [5, 5.41) is 3.69. The summed E-state index contributed by atoms with van der Waals surface area (Å²) in [6.07, 6.45) is 1.97. The number of aryl methyl sites for hydroxylation is 1. The molecular weight excluding hydrogens is 492 g/mol.